The fourth-order valence-electron chi connectivity index (χ4n) is 5.30. The summed E-state index contributed by atoms with van der Waals surface area (Å²) in [4.78, 5) is 17.1. The van der Waals surface area contributed by atoms with Crippen LogP contribution in [0.2, 0.25) is 0 Å². The highest BCUT2D eigenvalue weighted by molar-refractivity contribution is 5.96. The summed E-state index contributed by atoms with van der Waals surface area (Å²) < 4.78 is 13.0. The normalized spacial score (nSPS) is 14.2. The standard InChI is InChI=1S/C30H27N3O3/c1-35-26-13-12-19(16-27(26)36-2)18-31-30(34)22-14-15-33-25(22)17-23-21-10-6-7-11-24(21)32-28(23)29(33)20-8-4-3-5-9-20/h3-16,29,32H,17-18H2,1-2H3,(H,31,34). The van der Waals surface area contributed by atoms with E-state index in [0.29, 0.717) is 30.0 Å². The molecule has 0 aliphatic carbocycles. The second-order valence-corrected chi connectivity index (χ2v) is 9.01. The molecule has 6 nitrogen and oxygen atoms in total. The molecular weight excluding hydrogens is 450 g/mol. The Morgan fingerprint density at radius 2 is 1.75 bits per heavy atom. The lowest BCUT2D eigenvalue weighted by molar-refractivity contribution is 0.0950. The zero-order valence-electron chi connectivity index (χ0n) is 20.2. The van der Waals surface area contributed by atoms with Crippen molar-refractivity contribution in [2.45, 2.75) is 19.0 Å². The van der Waals surface area contributed by atoms with Crippen LogP contribution in [0.3, 0.4) is 0 Å². The molecule has 5 aromatic rings. The molecule has 0 spiro atoms. The Hall–Kier alpha value is -4.45. The van der Waals surface area contributed by atoms with Crippen LogP contribution < -0.4 is 14.8 Å². The van der Waals surface area contributed by atoms with Crippen LogP contribution in [0.25, 0.3) is 10.9 Å². The van der Waals surface area contributed by atoms with E-state index in [-0.39, 0.29) is 11.9 Å². The molecule has 36 heavy (non-hydrogen) atoms. The first-order chi connectivity index (χ1) is 17.7. The zero-order valence-corrected chi connectivity index (χ0v) is 20.2. The molecule has 0 bridgehead atoms. The average molecular weight is 478 g/mol. The molecule has 1 aliphatic heterocycles. The molecule has 1 amide bonds. The highest BCUT2D eigenvalue weighted by Gasteiger charge is 2.32. The van der Waals surface area contributed by atoms with Crippen LogP contribution in [0.1, 0.15) is 44.5 Å². The number of aromatic nitrogens is 2. The van der Waals surface area contributed by atoms with Crippen LogP contribution in [0.4, 0.5) is 0 Å². The summed E-state index contributed by atoms with van der Waals surface area (Å²) in [5, 5.41) is 4.30. The van der Waals surface area contributed by atoms with Gasteiger partial charge < -0.3 is 24.3 Å². The first-order valence-electron chi connectivity index (χ1n) is 12.0. The van der Waals surface area contributed by atoms with Crippen LogP contribution in [-0.4, -0.2) is 29.7 Å². The molecule has 0 fully saturated rings. The number of benzene rings is 3. The average Bonchev–Trinajstić information content (AvgIpc) is 3.52. The van der Waals surface area contributed by atoms with Gasteiger partial charge in [0, 0.05) is 41.5 Å². The van der Waals surface area contributed by atoms with Gasteiger partial charge in [-0.3, -0.25) is 4.79 Å². The fourth-order valence-corrected chi connectivity index (χ4v) is 5.30. The Morgan fingerprint density at radius 3 is 2.56 bits per heavy atom. The Balaban J connectivity index is 1.35. The molecule has 6 heteroatoms. The smallest absolute Gasteiger partial charge is 0.253 e. The number of amides is 1. The van der Waals surface area contributed by atoms with Crippen LogP contribution in [-0.2, 0) is 13.0 Å². The molecule has 0 saturated heterocycles. The van der Waals surface area contributed by atoms with Gasteiger partial charge in [-0.2, -0.15) is 0 Å². The predicted molar refractivity (Wildman–Crippen MR) is 140 cm³/mol. The number of H-pyrrole nitrogens is 1. The van der Waals surface area contributed by atoms with E-state index in [9.17, 15) is 4.79 Å². The summed E-state index contributed by atoms with van der Waals surface area (Å²) in [5.74, 6) is 1.22. The number of nitrogens with one attached hydrogen (secondary N) is 2. The number of ether oxygens (including phenoxy) is 2. The first kappa shape index (κ1) is 22.0. The Morgan fingerprint density at radius 1 is 0.972 bits per heavy atom. The lowest BCUT2D eigenvalue weighted by Crippen LogP contribution is -2.26. The summed E-state index contributed by atoms with van der Waals surface area (Å²) in [6.07, 6.45) is 2.72. The molecular formula is C30H27N3O3. The number of hydrogen-bond acceptors (Lipinski definition) is 3. The Bertz CT molecular complexity index is 1570. The van der Waals surface area contributed by atoms with E-state index < -0.39 is 0 Å². The van der Waals surface area contributed by atoms with E-state index in [1.165, 1.54) is 22.2 Å². The van der Waals surface area contributed by atoms with Gasteiger partial charge in [0.05, 0.1) is 25.8 Å². The number of nitrogens with zero attached hydrogens (tertiary/aromatic N) is 1. The minimum Gasteiger partial charge on any atom is -0.493 e. The van der Waals surface area contributed by atoms with E-state index >= 15 is 0 Å². The van der Waals surface area contributed by atoms with Crippen molar-refractivity contribution in [3.63, 3.8) is 0 Å². The summed E-state index contributed by atoms with van der Waals surface area (Å²) in [7, 11) is 3.22. The van der Waals surface area contributed by atoms with Crippen molar-refractivity contribution in [1.82, 2.24) is 14.9 Å². The maximum Gasteiger partial charge on any atom is 0.253 e. The topological polar surface area (TPSA) is 68.3 Å². The SMILES string of the molecule is COc1ccc(CNC(=O)c2ccn3c2Cc2c([nH]c4ccccc24)C3c2ccccc2)cc1OC. The predicted octanol–water partition coefficient (Wildman–Crippen LogP) is 5.46. The van der Waals surface area contributed by atoms with Gasteiger partial charge in [0.15, 0.2) is 11.5 Å². The minimum absolute atomic E-state index is 0.0234. The molecule has 1 aliphatic rings. The fraction of sp³-hybridized carbons (Fsp3) is 0.167. The van der Waals surface area contributed by atoms with E-state index in [0.717, 1.165) is 16.8 Å². The van der Waals surface area contributed by atoms with Crippen molar-refractivity contribution in [3.05, 3.63) is 119 Å². The van der Waals surface area contributed by atoms with Gasteiger partial charge in [-0.1, -0.05) is 54.6 Å². The van der Waals surface area contributed by atoms with E-state index in [2.05, 4.69) is 63.4 Å². The first-order valence-corrected chi connectivity index (χ1v) is 12.0. The van der Waals surface area contributed by atoms with Gasteiger partial charge in [0.1, 0.15) is 0 Å². The molecule has 6 rings (SSSR count). The quantitative estimate of drug-likeness (QED) is 0.335. The van der Waals surface area contributed by atoms with Gasteiger partial charge >= 0.3 is 0 Å². The third-order valence-electron chi connectivity index (χ3n) is 7.03. The van der Waals surface area contributed by atoms with Crippen LogP contribution in [0.5, 0.6) is 11.5 Å². The van der Waals surface area contributed by atoms with Crippen molar-refractivity contribution in [3.8, 4) is 11.5 Å². The van der Waals surface area contributed by atoms with Gasteiger partial charge in [-0.25, -0.2) is 0 Å². The van der Waals surface area contributed by atoms with Crippen LogP contribution in [0.15, 0.2) is 85.1 Å². The van der Waals surface area contributed by atoms with Gasteiger partial charge in [-0.05, 0) is 41.0 Å². The summed E-state index contributed by atoms with van der Waals surface area (Å²) in [6.45, 7) is 0.393. The third-order valence-corrected chi connectivity index (χ3v) is 7.03. The molecule has 2 aromatic heterocycles. The lowest BCUT2D eigenvalue weighted by atomic mass is 9.92. The molecule has 0 saturated carbocycles. The highest BCUT2D eigenvalue weighted by atomic mass is 16.5. The molecule has 2 N–H and O–H groups in total. The minimum atomic E-state index is -0.0892. The monoisotopic (exact) mass is 477 g/mol. The van der Waals surface area contributed by atoms with Crippen LogP contribution >= 0.6 is 0 Å². The van der Waals surface area contributed by atoms with Crippen molar-refractivity contribution in [2.24, 2.45) is 0 Å². The molecule has 3 heterocycles. The van der Waals surface area contributed by atoms with Gasteiger partial charge in [0.25, 0.3) is 5.91 Å². The largest absolute Gasteiger partial charge is 0.493 e. The molecule has 180 valence electrons. The van der Waals surface area contributed by atoms with Crippen molar-refractivity contribution < 1.29 is 14.3 Å². The van der Waals surface area contributed by atoms with Gasteiger partial charge in [0.2, 0.25) is 0 Å². The van der Waals surface area contributed by atoms with Gasteiger partial charge in [-0.15, -0.1) is 0 Å². The zero-order chi connectivity index (χ0) is 24.6. The van der Waals surface area contributed by atoms with Crippen LogP contribution in [0, 0.1) is 0 Å². The maximum atomic E-state index is 13.4. The summed E-state index contributed by atoms with van der Waals surface area (Å²) in [5.41, 5.74) is 7.39. The van der Waals surface area contributed by atoms with Crippen molar-refractivity contribution >= 4 is 16.8 Å². The second kappa shape index (κ2) is 8.96. The van der Waals surface area contributed by atoms with E-state index in [1.54, 1.807) is 14.2 Å². The number of rotatable bonds is 6. The lowest BCUT2D eigenvalue weighted by Gasteiger charge is -2.28. The third kappa shape index (κ3) is 3.62. The van der Waals surface area contributed by atoms with E-state index in [4.69, 9.17) is 9.47 Å². The number of methoxy groups -OCH3 is 2. The molecule has 1 unspecified atom stereocenters. The van der Waals surface area contributed by atoms with E-state index in [1.807, 2.05) is 36.5 Å². The number of carbonyl (C=O) groups is 1. The maximum absolute atomic E-state index is 13.4. The summed E-state index contributed by atoms with van der Waals surface area (Å²) in [6, 6.07) is 26.4. The highest BCUT2D eigenvalue weighted by Crippen LogP contribution is 2.40. The number of para-hydroxylation sites is 1. The number of carbonyl (C=O) groups excluding carboxylic acids is 1. The number of hydrogen-bond donors (Lipinski definition) is 2. The van der Waals surface area contributed by atoms with Crippen molar-refractivity contribution in [2.75, 3.05) is 14.2 Å². The molecule has 3 aromatic carbocycles. The number of aromatic amines is 1. The second-order valence-electron chi connectivity index (χ2n) is 9.01. The van der Waals surface area contributed by atoms with Crippen molar-refractivity contribution in [1.29, 1.82) is 0 Å². The Labute approximate surface area is 209 Å². The Kier molecular flexibility index (Phi) is 5.49. The molecule has 1 atom stereocenters. The molecule has 0 radical (unpaired) electrons. The summed E-state index contributed by atoms with van der Waals surface area (Å²) >= 11 is 0. The number of fused-ring (bicyclic) bond motifs is 4.